The molecule has 0 saturated carbocycles. The minimum atomic E-state index is -1.62. The number of rotatable bonds is 42. The summed E-state index contributed by atoms with van der Waals surface area (Å²) < 4.78 is 22.5. The van der Waals surface area contributed by atoms with Gasteiger partial charge in [-0.05, 0) is 38.5 Å². The third kappa shape index (κ3) is 40.0. The molecule has 0 heterocycles. The van der Waals surface area contributed by atoms with Crippen molar-refractivity contribution in [2.75, 3.05) is 47.5 Å². The van der Waals surface area contributed by atoms with Gasteiger partial charge in [-0.1, -0.05) is 167 Å². The highest BCUT2D eigenvalue weighted by Crippen LogP contribution is 2.15. The van der Waals surface area contributed by atoms with Gasteiger partial charge >= 0.3 is 11.9 Å². The second kappa shape index (κ2) is 38.9. The predicted molar refractivity (Wildman–Crippen MR) is 223 cm³/mol. The smallest absolute Gasteiger partial charge is 0.306 e. The van der Waals surface area contributed by atoms with Crippen molar-refractivity contribution in [2.45, 2.75) is 219 Å². The van der Waals surface area contributed by atoms with Crippen molar-refractivity contribution in [2.24, 2.45) is 0 Å². The van der Waals surface area contributed by atoms with Crippen LogP contribution in [0, 0.1) is 0 Å². The van der Waals surface area contributed by atoms with E-state index in [0.717, 1.165) is 57.8 Å². The van der Waals surface area contributed by atoms with Gasteiger partial charge in [0.1, 0.15) is 13.2 Å². The molecule has 55 heavy (non-hydrogen) atoms. The molecule has 9 heteroatoms. The topological polar surface area (TPSA) is 111 Å². The van der Waals surface area contributed by atoms with Crippen molar-refractivity contribution < 1.29 is 42.9 Å². The number of carboxylic acids is 1. The molecule has 0 aromatic carbocycles. The molecule has 0 amide bonds. The minimum absolute atomic E-state index is 0.149. The molecule has 9 nitrogen and oxygen atoms in total. The Bertz CT molecular complexity index is 918. The average Bonchev–Trinajstić information content (AvgIpc) is 3.14. The number of nitrogens with zero attached hydrogens (tertiary/aromatic N) is 1. The van der Waals surface area contributed by atoms with Crippen molar-refractivity contribution in [3.8, 4) is 0 Å². The number of likely N-dealkylation sites (N-methyl/N-ethyl adjacent to an activating group) is 1. The van der Waals surface area contributed by atoms with Crippen LogP contribution >= 0.6 is 0 Å². The van der Waals surface area contributed by atoms with Crippen LogP contribution < -0.4 is 5.11 Å². The van der Waals surface area contributed by atoms with Crippen LogP contribution in [0.5, 0.6) is 0 Å². The van der Waals surface area contributed by atoms with Crippen molar-refractivity contribution >= 4 is 17.9 Å². The van der Waals surface area contributed by atoms with Crippen LogP contribution in [0.25, 0.3) is 0 Å². The van der Waals surface area contributed by atoms with Gasteiger partial charge in [0.25, 0.3) is 0 Å². The Morgan fingerprint density at radius 2 is 0.927 bits per heavy atom. The SMILES string of the molecule is CCCCC/C=C\CCCCCCCC(=O)OC(COC(=O)CCCCCCCCCCCCCCCCCCCC)COC(OCC[N+](C)(C)C)C(=O)[O-]. The molecule has 0 fully saturated rings. The van der Waals surface area contributed by atoms with Gasteiger partial charge in [0, 0.05) is 12.8 Å². The number of esters is 2. The first-order chi connectivity index (χ1) is 26.6. The Morgan fingerprint density at radius 1 is 0.527 bits per heavy atom. The third-order valence-electron chi connectivity index (χ3n) is 10.0. The molecular weight excluding hydrogens is 695 g/mol. The van der Waals surface area contributed by atoms with Crippen molar-refractivity contribution in [1.82, 2.24) is 0 Å². The number of unbranched alkanes of at least 4 members (excludes halogenated alkanes) is 25. The molecule has 324 valence electrons. The van der Waals surface area contributed by atoms with Crippen LogP contribution in [0.1, 0.15) is 206 Å². The fourth-order valence-corrected chi connectivity index (χ4v) is 6.41. The standard InChI is InChI=1S/C46H87NO8/c1-6-8-10-12-14-16-18-20-21-22-23-24-25-27-28-30-32-34-36-43(48)53-40-42(41-54-46(45(50)51)52-39-38-47(3,4)5)55-44(49)37-35-33-31-29-26-19-17-15-13-11-9-7-2/h15,17,42,46H,6-14,16,18-41H2,1-5H3/b17-15-. The number of carboxylic acid groups (broad SMARTS) is 1. The van der Waals surface area contributed by atoms with Crippen molar-refractivity contribution in [1.29, 1.82) is 0 Å². The fraction of sp³-hybridized carbons (Fsp3) is 0.891. The highest BCUT2D eigenvalue weighted by molar-refractivity contribution is 5.70. The number of hydrogen-bond donors (Lipinski definition) is 0. The maximum Gasteiger partial charge on any atom is 0.306 e. The third-order valence-corrected chi connectivity index (χ3v) is 10.0. The van der Waals surface area contributed by atoms with Gasteiger partial charge in [-0.25, -0.2) is 0 Å². The summed E-state index contributed by atoms with van der Waals surface area (Å²) in [4.78, 5) is 36.9. The van der Waals surface area contributed by atoms with E-state index in [1.807, 2.05) is 21.1 Å². The first kappa shape index (κ1) is 53.0. The van der Waals surface area contributed by atoms with E-state index in [0.29, 0.717) is 23.9 Å². The van der Waals surface area contributed by atoms with Crippen LogP contribution in [0.15, 0.2) is 12.2 Å². The molecule has 0 N–H and O–H groups in total. The molecule has 0 aromatic rings. The maximum atomic E-state index is 12.7. The fourth-order valence-electron chi connectivity index (χ4n) is 6.41. The van der Waals surface area contributed by atoms with E-state index in [1.54, 1.807) is 0 Å². The lowest BCUT2D eigenvalue weighted by molar-refractivity contribution is -0.870. The van der Waals surface area contributed by atoms with Crippen LogP contribution in [-0.4, -0.2) is 82.3 Å². The lowest BCUT2D eigenvalue weighted by Gasteiger charge is -2.26. The van der Waals surface area contributed by atoms with E-state index >= 15 is 0 Å². The van der Waals surface area contributed by atoms with E-state index in [9.17, 15) is 19.5 Å². The summed E-state index contributed by atoms with van der Waals surface area (Å²) in [5.41, 5.74) is 0. The molecule has 0 bridgehead atoms. The van der Waals surface area contributed by atoms with Crippen molar-refractivity contribution in [3.63, 3.8) is 0 Å². The monoisotopic (exact) mass is 782 g/mol. The van der Waals surface area contributed by atoms with Gasteiger partial charge in [0.05, 0.1) is 40.3 Å². The quantitative estimate of drug-likeness (QED) is 0.0198. The van der Waals surface area contributed by atoms with Crippen LogP contribution in [0.3, 0.4) is 0 Å². The molecule has 0 rings (SSSR count). The zero-order valence-electron chi connectivity index (χ0n) is 36.6. The van der Waals surface area contributed by atoms with Gasteiger partial charge in [-0.15, -0.1) is 0 Å². The van der Waals surface area contributed by atoms with Gasteiger partial charge in [-0.2, -0.15) is 0 Å². The number of ether oxygens (including phenoxy) is 4. The van der Waals surface area contributed by atoms with Gasteiger partial charge in [-0.3, -0.25) is 9.59 Å². The molecular formula is C46H87NO8. The molecule has 0 radical (unpaired) electrons. The molecule has 2 atom stereocenters. The summed E-state index contributed by atoms with van der Waals surface area (Å²) in [6.45, 7) is 4.72. The van der Waals surface area contributed by atoms with Crippen LogP contribution in [0.4, 0.5) is 0 Å². The van der Waals surface area contributed by atoms with E-state index < -0.39 is 24.3 Å². The minimum Gasteiger partial charge on any atom is -0.545 e. The van der Waals surface area contributed by atoms with Gasteiger partial charge in [0.15, 0.2) is 12.4 Å². The molecule has 2 unspecified atom stereocenters. The van der Waals surface area contributed by atoms with E-state index in [-0.39, 0.29) is 32.2 Å². The molecule has 0 aromatic heterocycles. The first-order valence-corrected chi connectivity index (χ1v) is 22.8. The van der Waals surface area contributed by atoms with Gasteiger partial charge in [0.2, 0.25) is 0 Å². The molecule has 0 aliphatic rings. The summed E-state index contributed by atoms with van der Waals surface area (Å²) in [5, 5.41) is 11.7. The summed E-state index contributed by atoms with van der Waals surface area (Å²) in [6, 6.07) is 0. The number of carbonyl (C=O) groups is 3. The Labute approximate surface area is 338 Å². The van der Waals surface area contributed by atoms with Crippen LogP contribution in [0.2, 0.25) is 0 Å². The second-order valence-electron chi connectivity index (χ2n) is 16.7. The van der Waals surface area contributed by atoms with E-state index in [1.165, 1.54) is 116 Å². The second-order valence-corrected chi connectivity index (χ2v) is 16.7. The molecule has 0 saturated heterocycles. The van der Waals surface area contributed by atoms with E-state index in [4.69, 9.17) is 18.9 Å². The summed E-state index contributed by atoms with van der Waals surface area (Å²) in [6.07, 6.45) is 36.7. The lowest BCUT2D eigenvalue weighted by Crippen LogP contribution is -2.44. The normalized spacial score (nSPS) is 13.0. The molecule has 0 aliphatic carbocycles. The number of aliphatic carboxylic acids is 1. The van der Waals surface area contributed by atoms with Crippen molar-refractivity contribution in [3.05, 3.63) is 12.2 Å². The van der Waals surface area contributed by atoms with E-state index in [2.05, 4.69) is 26.0 Å². The largest absolute Gasteiger partial charge is 0.545 e. The Morgan fingerprint density at radius 3 is 1.38 bits per heavy atom. The highest BCUT2D eigenvalue weighted by atomic mass is 16.7. The Hall–Kier alpha value is -1.97. The number of allylic oxidation sites excluding steroid dienone is 2. The first-order valence-electron chi connectivity index (χ1n) is 22.8. The highest BCUT2D eigenvalue weighted by Gasteiger charge is 2.21. The Kier molecular flexibility index (Phi) is 37.5. The molecule has 0 spiro atoms. The summed E-state index contributed by atoms with van der Waals surface area (Å²) >= 11 is 0. The van der Waals surface area contributed by atoms with Crippen LogP contribution in [-0.2, 0) is 33.3 Å². The Balaban J connectivity index is 4.36. The zero-order valence-corrected chi connectivity index (χ0v) is 36.6. The zero-order chi connectivity index (χ0) is 40.7. The maximum absolute atomic E-state index is 12.7. The number of hydrogen-bond acceptors (Lipinski definition) is 8. The average molecular weight is 782 g/mol. The van der Waals surface area contributed by atoms with Gasteiger partial charge < -0.3 is 33.3 Å². The number of quaternary nitrogens is 1. The summed E-state index contributed by atoms with van der Waals surface area (Å²) in [5.74, 6) is -2.28. The predicted octanol–water partition coefficient (Wildman–Crippen LogP) is 10.6. The molecule has 0 aliphatic heterocycles. The lowest BCUT2D eigenvalue weighted by atomic mass is 10.0. The summed E-state index contributed by atoms with van der Waals surface area (Å²) in [7, 11) is 5.91. The number of carbonyl (C=O) groups excluding carboxylic acids is 3.